The van der Waals surface area contributed by atoms with E-state index in [0.717, 1.165) is 22.3 Å². The Morgan fingerprint density at radius 1 is 1.00 bits per heavy atom. The number of aliphatic imine (C=N–C) groups is 1. The molecule has 42 heavy (non-hydrogen) atoms. The molecule has 0 aliphatic heterocycles. The van der Waals surface area contributed by atoms with Crippen molar-refractivity contribution in [3.63, 3.8) is 0 Å². The molecular formula is C26H22Cl2FN5O7S. The van der Waals surface area contributed by atoms with E-state index >= 15 is 0 Å². The SMILES string of the molecule is Cl.Cl.NC(N)=Nc1ccc(C(=O)Oc2ccc3nc(C(=O)N(CC(=O)O)Cc4csc(C(=O)O)c4)ccc3c2)c(F)c1. The van der Waals surface area contributed by atoms with Gasteiger partial charge in [0.15, 0.2) is 5.96 Å². The topological polar surface area (TPSA) is 198 Å². The van der Waals surface area contributed by atoms with Crippen molar-refractivity contribution in [3.05, 3.63) is 87.5 Å². The number of thiophene rings is 1. The van der Waals surface area contributed by atoms with Crippen LogP contribution in [0.4, 0.5) is 10.1 Å². The Morgan fingerprint density at radius 3 is 2.36 bits per heavy atom. The van der Waals surface area contributed by atoms with Crippen molar-refractivity contribution in [1.29, 1.82) is 0 Å². The largest absolute Gasteiger partial charge is 0.480 e. The number of benzene rings is 2. The summed E-state index contributed by atoms with van der Waals surface area (Å²) in [4.78, 5) is 57.2. The van der Waals surface area contributed by atoms with Gasteiger partial charge in [0.1, 0.15) is 28.7 Å². The molecule has 220 valence electrons. The molecule has 0 saturated heterocycles. The van der Waals surface area contributed by atoms with E-state index in [-0.39, 0.29) is 64.9 Å². The zero-order valence-electron chi connectivity index (χ0n) is 21.2. The maximum Gasteiger partial charge on any atom is 0.346 e. The number of rotatable bonds is 9. The predicted molar refractivity (Wildman–Crippen MR) is 157 cm³/mol. The molecule has 0 radical (unpaired) electrons. The summed E-state index contributed by atoms with van der Waals surface area (Å²) in [5.74, 6) is -5.08. The first-order valence-electron chi connectivity index (χ1n) is 11.3. The molecule has 0 fully saturated rings. The fourth-order valence-electron chi connectivity index (χ4n) is 3.65. The molecule has 6 N–H and O–H groups in total. The van der Waals surface area contributed by atoms with Crippen LogP contribution in [0.15, 0.2) is 65.0 Å². The number of nitrogens with two attached hydrogens (primary N) is 2. The Bertz CT molecular complexity index is 1690. The van der Waals surface area contributed by atoms with Crippen molar-refractivity contribution in [2.45, 2.75) is 6.54 Å². The number of aromatic nitrogens is 1. The monoisotopic (exact) mass is 637 g/mol. The van der Waals surface area contributed by atoms with Gasteiger partial charge in [-0.1, -0.05) is 6.07 Å². The summed E-state index contributed by atoms with van der Waals surface area (Å²) in [6, 6.07) is 12.1. The van der Waals surface area contributed by atoms with E-state index in [9.17, 15) is 28.7 Å². The molecule has 0 bridgehead atoms. The number of carbonyl (C=O) groups is 4. The van der Waals surface area contributed by atoms with E-state index in [2.05, 4.69) is 9.98 Å². The highest BCUT2D eigenvalue weighted by Gasteiger charge is 2.22. The van der Waals surface area contributed by atoms with Crippen LogP contribution in [-0.4, -0.2) is 56.4 Å². The summed E-state index contributed by atoms with van der Waals surface area (Å²) in [6.45, 7) is -0.762. The Labute approximate surface area is 253 Å². The fourth-order valence-corrected chi connectivity index (χ4v) is 4.39. The van der Waals surface area contributed by atoms with Crippen LogP contribution >= 0.6 is 36.2 Å². The number of carboxylic acids is 2. The number of carboxylic acid groups (broad SMARTS) is 2. The third-order valence-corrected chi connectivity index (χ3v) is 6.34. The van der Waals surface area contributed by atoms with Crippen molar-refractivity contribution in [2.24, 2.45) is 16.5 Å². The first-order chi connectivity index (χ1) is 19.0. The predicted octanol–water partition coefficient (Wildman–Crippen LogP) is 3.83. The van der Waals surface area contributed by atoms with Gasteiger partial charge in [-0.2, -0.15) is 0 Å². The van der Waals surface area contributed by atoms with Gasteiger partial charge in [0.2, 0.25) is 0 Å². The second-order valence-electron chi connectivity index (χ2n) is 8.32. The minimum Gasteiger partial charge on any atom is -0.480 e. The quantitative estimate of drug-likeness (QED) is 0.0904. The molecular weight excluding hydrogens is 616 g/mol. The Morgan fingerprint density at radius 2 is 1.74 bits per heavy atom. The van der Waals surface area contributed by atoms with Crippen LogP contribution in [0.1, 0.15) is 36.1 Å². The maximum absolute atomic E-state index is 14.4. The average molecular weight is 638 g/mol. The molecule has 2 aromatic carbocycles. The molecule has 0 saturated carbocycles. The molecule has 0 atom stereocenters. The van der Waals surface area contributed by atoms with Gasteiger partial charge >= 0.3 is 17.9 Å². The Balaban J connectivity index is 0.00000308. The third-order valence-electron chi connectivity index (χ3n) is 5.37. The summed E-state index contributed by atoms with van der Waals surface area (Å²) < 4.78 is 19.7. The van der Waals surface area contributed by atoms with E-state index in [1.807, 2.05) is 0 Å². The number of carbonyl (C=O) groups excluding carboxylic acids is 2. The van der Waals surface area contributed by atoms with Crippen molar-refractivity contribution in [2.75, 3.05) is 6.54 Å². The number of nitrogens with zero attached hydrogens (tertiary/aromatic N) is 3. The number of hydrogen-bond donors (Lipinski definition) is 4. The number of aromatic carboxylic acids is 1. The molecule has 1 amide bonds. The molecule has 4 rings (SSSR count). The molecule has 16 heteroatoms. The lowest BCUT2D eigenvalue weighted by atomic mass is 10.1. The third kappa shape index (κ3) is 8.13. The summed E-state index contributed by atoms with van der Waals surface area (Å²) in [5, 5.41) is 20.4. The zero-order chi connectivity index (χ0) is 29.0. The van der Waals surface area contributed by atoms with Gasteiger partial charge in [0.25, 0.3) is 5.91 Å². The van der Waals surface area contributed by atoms with Crippen molar-refractivity contribution >= 4 is 82.5 Å². The molecule has 0 unspecified atom stereocenters. The van der Waals surface area contributed by atoms with Gasteiger partial charge < -0.3 is 31.3 Å². The van der Waals surface area contributed by atoms with Gasteiger partial charge in [-0.05, 0) is 53.4 Å². The lowest BCUT2D eigenvalue weighted by Crippen LogP contribution is -2.35. The number of pyridine rings is 1. The number of fused-ring (bicyclic) bond motifs is 1. The van der Waals surface area contributed by atoms with E-state index in [0.29, 0.717) is 16.5 Å². The molecule has 12 nitrogen and oxygen atoms in total. The molecule has 4 aromatic rings. The van der Waals surface area contributed by atoms with Crippen LogP contribution in [-0.2, 0) is 11.3 Å². The standard InChI is InChI=1S/C26H20FN5O7S.2ClH/c27-18-9-15(30-26(28)29)2-4-17(18)25(38)39-16-3-6-19-14(8-16)1-5-20(31-19)23(35)32(11-22(33)34)10-13-7-21(24(36)37)40-12-13;;/h1-9,12H,10-11H2,(H,33,34)(H,36,37)(H4,28,29,30);2*1H. The number of esters is 1. The highest BCUT2D eigenvalue weighted by molar-refractivity contribution is 7.12. The number of halogens is 3. The summed E-state index contributed by atoms with van der Waals surface area (Å²) in [6.07, 6.45) is 0. The van der Waals surface area contributed by atoms with Crippen molar-refractivity contribution < 1.29 is 38.5 Å². The van der Waals surface area contributed by atoms with E-state index < -0.39 is 36.2 Å². The molecule has 0 spiro atoms. The average Bonchev–Trinajstić information content (AvgIpc) is 3.36. The summed E-state index contributed by atoms with van der Waals surface area (Å²) in [7, 11) is 0. The smallest absolute Gasteiger partial charge is 0.346 e. The highest BCUT2D eigenvalue weighted by Crippen LogP contribution is 2.24. The summed E-state index contributed by atoms with van der Waals surface area (Å²) >= 11 is 0.964. The van der Waals surface area contributed by atoms with Gasteiger partial charge in [0, 0.05) is 18.0 Å². The lowest BCUT2D eigenvalue weighted by Gasteiger charge is -2.20. The van der Waals surface area contributed by atoms with Crippen LogP contribution < -0.4 is 16.2 Å². The molecule has 2 heterocycles. The molecule has 0 aliphatic carbocycles. The summed E-state index contributed by atoms with van der Waals surface area (Å²) in [5.41, 5.74) is 11.1. The first-order valence-corrected chi connectivity index (χ1v) is 12.2. The highest BCUT2D eigenvalue weighted by atomic mass is 35.5. The minimum absolute atomic E-state index is 0. The zero-order valence-corrected chi connectivity index (χ0v) is 23.7. The number of amides is 1. The van der Waals surface area contributed by atoms with Gasteiger partial charge in [-0.25, -0.2) is 24.0 Å². The Kier molecular flexibility index (Phi) is 11.3. The second-order valence-corrected chi connectivity index (χ2v) is 9.23. The van der Waals surface area contributed by atoms with E-state index in [1.165, 1.54) is 53.9 Å². The normalized spacial score (nSPS) is 10.1. The van der Waals surface area contributed by atoms with E-state index in [4.69, 9.17) is 21.3 Å². The van der Waals surface area contributed by atoms with E-state index in [1.54, 1.807) is 0 Å². The second kappa shape index (κ2) is 14.2. The number of hydrogen-bond acceptors (Lipinski definition) is 8. The van der Waals surface area contributed by atoms with Crippen LogP contribution in [0.5, 0.6) is 5.75 Å². The van der Waals surface area contributed by atoms with Crippen LogP contribution in [0, 0.1) is 5.82 Å². The van der Waals surface area contributed by atoms with Crippen LogP contribution in [0.25, 0.3) is 10.9 Å². The van der Waals surface area contributed by atoms with Crippen molar-refractivity contribution in [3.8, 4) is 5.75 Å². The Hall–Kier alpha value is -4.79. The fraction of sp³-hybridized carbons (Fsp3) is 0.0769. The lowest BCUT2D eigenvalue weighted by molar-refractivity contribution is -0.137. The number of guanidine groups is 1. The number of ether oxygens (including phenoxy) is 1. The van der Waals surface area contributed by atoms with Gasteiger partial charge in [-0.3, -0.25) is 9.59 Å². The van der Waals surface area contributed by atoms with Crippen molar-refractivity contribution in [1.82, 2.24) is 9.88 Å². The molecule has 0 aliphatic rings. The maximum atomic E-state index is 14.4. The molecule has 2 aromatic heterocycles. The van der Waals surface area contributed by atoms with Crippen LogP contribution in [0.2, 0.25) is 0 Å². The van der Waals surface area contributed by atoms with Crippen LogP contribution in [0.3, 0.4) is 0 Å². The van der Waals surface area contributed by atoms with Gasteiger partial charge in [0.05, 0.1) is 16.8 Å². The van der Waals surface area contributed by atoms with Gasteiger partial charge in [-0.15, -0.1) is 36.2 Å². The number of aliphatic carboxylic acids is 1. The minimum atomic E-state index is -1.25. The first kappa shape index (κ1) is 33.4.